The highest BCUT2D eigenvalue weighted by Crippen LogP contribution is 2.41. The number of likely N-dealkylation sites (N-methyl/N-ethyl adjacent to an activating group) is 1. The quantitative estimate of drug-likeness (QED) is 0.404. The number of nitrogens with zero attached hydrogens (tertiary/aromatic N) is 2. The average Bonchev–Trinajstić information content (AvgIpc) is 3.07. The Labute approximate surface area is 209 Å². The van der Waals surface area contributed by atoms with Gasteiger partial charge in [-0.05, 0) is 43.2 Å². The van der Waals surface area contributed by atoms with E-state index in [4.69, 9.17) is 28.2 Å². The molecule has 2 aliphatic rings. The Balaban J connectivity index is 1.83. The third kappa shape index (κ3) is 5.05. The van der Waals surface area contributed by atoms with Crippen LogP contribution in [0.1, 0.15) is 37.8 Å². The van der Waals surface area contributed by atoms with E-state index in [0.29, 0.717) is 15.6 Å². The van der Waals surface area contributed by atoms with Crippen LogP contribution in [0, 0.1) is 0 Å². The largest absolute Gasteiger partial charge is 0.341 e. The van der Waals surface area contributed by atoms with Crippen molar-refractivity contribution in [3.05, 3.63) is 103 Å². The fourth-order valence-electron chi connectivity index (χ4n) is 3.68. The summed E-state index contributed by atoms with van der Waals surface area (Å²) in [5, 5.41) is 0.986. The van der Waals surface area contributed by atoms with Gasteiger partial charge in [-0.15, -0.1) is 5.73 Å². The molecule has 2 aromatic rings. The molecule has 0 saturated heterocycles. The lowest BCUT2D eigenvalue weighted by Crippen LogP contribution is -2.28. The van der Waals surface area contributed by atoms with E-state index in [1.54, 1.807) is 22.7 Å². The predicted octanol–water partition coefficient (Wildman–Crippen LogP) is 7.45. The monoisotopic (exact) mass is 494 g/mol. The zero-order valence-electron chi connectivity index (χ0n) is 18.8. The van der Waals surface area contributed by atoms with Gasteiger partial charge in [0.1, 0.15) is 0 Å². The smallest absolute Gasteiger partial charge is 0.261 e. The lowest BCUT2D eigenvalue weighted by Gasteiger charge is -2.16. The van der Waals surface area contributed by atoms with Crippen LogP contribution in [0.25, 0.3) is 0 Å². The van der Waals surface area contributed by atoms with Crippen LogP contribution < -0.4 is 0 Å². The van der Waals surface area contributed by atoms with Crippen molar-refractivity contribution in [1.82, 2.24) is 4.90 Å². The Morgan fingerprint density at radius 3 is 2.70 bits per heavy atom. The van der Waals surface area contributed by atoms with E-state index < -0.39 is 0 Å². The summed E-state index contributed by atoms with van der Waals surface area (Å²) in [6.07, 6.45) is 5.75. The number of aliphatic imine (C=N–C) groups is 1. The summed E-state index contributed by atoms with van der Waals surface area (Å²) >= 11 is 14.1. The molecule has 0 fully saturated rings. The Bertz CT molecular complexity index is 1280. The van der Waals surface area contributed by atoms with E-state index >= 15 is 0 Å². The molecule has 1 aliphatic carbocycles. The number of allylic oxidation sites excluding steroid dienone is 2. The van der Waals surface area contributed by atoms with Crippen LogP contribution in [0.15, 0.2) is 92.0 Å². The first-order chi connectivity index (χ1) is 15.9. The van der Waals surface area contributed by atoms with Crippen molar-refractivity contribution in [2.24, 2.45) is 4.99 Å². The highest BCUT2D eigenvalue weighted by atomic mass is 35.5. The maximum Gasteiger partial charge on any atom is 0.261 e. The molecule has 0 unspecified atom stereocenters. The van der Waals surface area contributed by atoms with Gasteiger partial charge in [-0.2, -0.15) is 0 Å². The standard InChI is InChI=1S/C27H24Cl2N2OS/c1-4-5-14-31(3)27(32)19-11-13-23-26(17(2)15-19)33-24-9-7-6-8-20(24)25(30-23)18-10-12-21(28)22(29)16-18/h6-10,12-13,15-16H,4-5,14H2,1-3H3. The minimum Gasteiger partial charge on any atom is -0.341 e. The molecule has 0 spiro atoms. The fourth-order valence-corrected chi connectivity index (χ4v) is 5.05. The van der Waals surface area contributed by atoms with Gasteiger partial charge in [0.2, 0.25) is 0 Å². The Morgan fingerprint density at radius 2 is 1.94 bits per heavy atom. The first kappa shape index (κ1) is 23.7. The van der Waals surface area contributed by atoms with Gasteiger partial charge in [-0.25, -0.2) is 4.99 Å². The van der Waals surface area contributed by atoms with Gasteiger partial charge < -0.3 is 4.90 Å². The molecule has 0 aromatic heterocycles. The Morgan fingerprint density at radius 1 is 1.15 bits per heavy atom. The number of hydrogen-bond donors (Lipinski definition) is 0. The van der Waals surface area contributed by atoms with Crippen molar-refractivity contribution in [1.29, 1.82) is 0 Å². The minimum atomic E-state index is -0.0317. The van der Waals surface area contributed by atoms with Crippen molar-refractivity contribution in [2.75, 3.05) is 13.6 Å². The summed E-state index contributed by atoms with van der Waals surface area (Å²) in [6.45, 7) is 4.86. The Hall–Kier alpha value is -2.49. The molecular weight excluding hydrogens is 471 g/mol. The molecule has 6 heteroatoms. The maximum absolute atomic E-state index is 13.0. The first-order valence-corrected chi connectivity index (χ1v) is 12.4. The van der Waals surface area contributed by atoms with Crippen molar-refractivity contribution in [3.8, 4) is 0 Å². The van der Waals surface area contributed by atoms with Gasteiger partial charge in [0.25, 0.3) is 5.91 Å². The molecule has 2 aromatic carbocycles. The number of halogens is 2. The Kier molecular flexibility index (Phi) is 7.31. The number of amides is 1. The van der Waals surface area contributed by atoms with Crippen molar-refractivity contribution in [3.63, 3.8) is 0 Å². The summed E-state index contributed by atoms with van der Waals surface area (Å²) in [5.41, 5.74) is 8.22. The minimum absolute atomic E-state index is 0.0317. The van der Waals surface area contributed by atoms with Crippen molar-refractivity contribution < 1.29 is 4.79 Å². The molecule has 1 heterocycles. The molecule has 0 radical (unpaired) electrons. The summed E-state index contributed by atoms with van der Waals surface area (Å²) in [4.78, 5) is 21.9. The van der Waals surface area contributed by atoms with Crippen LogP contribution in [0.3, 0.4) is 0 Å². The lowest BCUT2D eigenvalue weighted by molar-refractivity contribution is -0.125. The van der Waals surface area contributed by atoms with E-state index in [1.807, 2.05) is 50.4 Å². The zero-order valence-corrected chi connectivity index (χ0v) is 21.1. The van der Waals surface area contributed by atoms with E-state index in [9.17, 15) is 4.79 Å². The predicted molar refractivity (Wildman–Crippen MR) is 139 cm³/mol. The molecule has 1 aliphatic heterocycles. The molecule has 0 N–H and O–H groups in total. The number of hydrogen-bond acceptors (Lipinski definition) is 3. The van der Waals surface area contributed by atoms with Crippen LogP contribution in [0.5, 0.6) is 0 Å². The fraction of sp³-hybridized carbons (Fsp3) is 0.222. The first-order valence-electron chi connectivity index (χ1n) is 10.9. The summed E-state index contributed by atoms with van der Waals surface area (Å²) < 4.78 is 0. The molecule has 168 valence electrons. The molecule has 1 amide bonds. The van der Waals surface area contributed by atoms with Crippen molar-refractivity contribution >= 4 is 46.6 Å². The van der Waals surface area contributed by atoms with Gasteiger partial charge in [-0.3, -0.25) is 4.79 Å². The number of rotatable bonds is 5. The zero-order chi connectivity index (χ0) is 23.5. The van der Waals surface area contributed by atoms with Crippen LogP contribution in [-0.2, 0) is 4.79 Å². The van der Waals surface area contributed by atoms with Gasteiger partial charge >= 0.3 is 0 Å². The van der Waals surface area contributed by atoms with Gasteiger partial charge in [0.05, 0.1) is 27.0 Å². The SMILES string of the molecule is CCCCN(C)C(=O)C1=C=CC2=C(Sc3ccccc3C(c3ccc(Cl)c(Cl)c3)=N2)C(C)=C1. The van der Waals surface area contributed by atoms with Crippen LogP contribution in [0.2, 0.25) is 10.0 Å². The number of unbranched alkanes of at least 4 members (excludes halogenated alkanes) is 1. The normalized spacial score (nSPS) is 15.0. The second-order valence-electron chi connectivity index (χ2n) is 8.01. The summed E-state index contributed by atoms with van der Waals surface area (Å²) in [7, 11) is 1.84. The topological polar surface area (TPSA) is 32.7 Å². The van der Waals surface area contributed by atoms with E-state index in [-0.39, 0.29) is 5.91 Å². The van der Waals surface area contributed by atoms with E-state index in [2.05, 4.69) is 24.8 Å². The molecule has 0 bridgehead atoms. The highest BCUT2D eigenvalue weighted by Gasteiger charge is 2.23. The van der Waals surface area contributed by atoms with Gasteiger partial charge in [0.15, 0.2) is 0 Å². The number of carbonyl (C=O) groups excluding carboxylic acids is 1. The summed E-state index contributed by atoms with van der Waals surface area (Å²) in [6, 6.07) is 13.7. The van der Waals surface area contributed by atoms with E-state index in [1.165, 1.54) is 0 Å². The second kappa shape index (κ2) is 10.2. The second-order valence-corrected chi connectivity index (χ2v) is 9.88. The lowest BCUT2D eigenvalue weighted by atomic mass is 10.0. The summed E-state index contributed by atoms with van der Waals surface area (Å²) in [5.74, 6) is -0.0317. The third-order valence-electron chi connectivity index (χ3n) is 5.52. The van der Waals surface area contributed by atoms with E-state index in [0.717, 1.165) is 57.3 Å². The molecule has 3 nitrogen and oxygen atoms in total. The molecule has 4 rings (SSSR count). The number of carbonyl (C=O) groups is 1. The molecule has 0 atom stereocenters. The van der Waals surface area contributed by atoms with Crippen LogP contribution in [0.4, 0.5) is 0 Å². The average molecular weight is 495 g/mol. The molecular formula is C27H24Cl2N2OS. The van der Waals surface area contributed by atoms with Crippen LogP contribution >= 0.6 is 35.0 Å². The van der Waals surface area contributed by atoms with Gasteiger partial charge in [-0.1, -0.05) is 72.6 Å². The van der Waals surface area contributed by atoms with Crippen molar-refractivity contribution in [2.45, 2.75) is 31.6 Å². The molecule has 0 saturated carbocycles. The van der Waals surface area contributed by atoms with Gasteiger partial charge in [0, 0.05) is 40.6 Å². The van der Waals surface area contributed by atoms with Crippen LogP contribution in [-0.4, -0.2) is 30.1 Å². The highest BCUT2D eigenvalue weighted by molar-refractivity contribution is 8.03. The number of thioether (sulfide) groups is 1. The maximum atomic E-state index is 13.0. The number of fused-ring (bicyclic) bond motifs is 1. The number of benzene rings is 2. The third-order valence-corrected chi connectivity index (χ3v) is 7.57. The molecule has 33 heavy (non-hydrogen) atoms.